The second-order valence-electron chi connectivity index (χ2n) is 2.98. The Labute approximate surface area is 81.2 Å². The van der Waals surface area contributed by atoms with Crippen LogP contribution in [-0.4, -0.2) is 29.5 Å². The number of benzene rings is 1. The molecule has 0 atom stereocenters. The van der Waals surface area contributed by atoms with Gasteiger partial charge in [0.25, 0.3) is 0 Å². The van der Waals surface area contributed by atoms with Gasteiger partial charge in [-0.25, -0.2) is 4.39 Å². The van der Waals surface area contributed by atoms with Gasteiger partial charge in [0.05, 0.1) is 19.3 Å². The monoisotopic (exact) mass is 200 g/mol. The van der Waals surface area contributed by atoms with Crippen LogP contribution in [0.25, 0.3) is 0 Å². The zero-order chi connectivity index (χ0) is 10.6. The molecule has 0 aromatic heterocycles. The lowest BCUT2D eigenvalue weighted by molar-refractivity contribution is 0.204. The maximum atomic E-state index is 12.8. The van der Waals surface area contributed by atoms with Gasteiger partial charge in [-0.2, -0.15) is 0 Å². The summed E-state index contributed by atoms with van der Waals surface area (Å²) in [6.45, 7) is -0.458. The van der Waals surface area contributed by atoms with Crippen LogP contribution in [0.2, 0.25) is 0 Å². The van der Waals surface area contributed by atoms with Gasteiger partial charge in [0.1, 0.15) is 5.82 Å². The van der Waals surface area contributed by atoms with E-state index in [-0.39, 0.29) is 13.2 Å². The summed E-state index contributed by atoms with van der Waals surface area (Å²) in [6.07, 6.45) is 0. The van der Waals surface area contributed by atoms with E-state index in [1.165, 1.54) is 18.2 Å². The standard InChI is InChI=1S/C9H13FN2O2/c10-6-1-7(11)3-8(2-6)12-9(4-13)5-14/h1-3,9,12-14H,4-5,11H2. The number of nitrogens with two attached hydrogens (primary N) is 1. The van der Waals surface area contributed by atoms with Crippen LogP contribution < -0.4 is 11.1 Å². The summed E-state index contributed by atoms with van der Waals surface area (Å²) in [7, 11) is 0. The molecule has 0 amide bonds. The SMILES string of the molecule is Nc1cc(F)cc(NC(CO)CO)c1. The topological polar surface area (TPSA) is 78.5 Å². The Hall–Kier alpha value is -1.33. The van der Waals surface area contributed by atoms with Gasteiger partial charge >= 0.3 is 0 Å². The van der Waals surface area contributed by atoms with E-state index in [9.17, 15) is 4.39 Å². The highest BCUT2D eigenvalue weighted by molar-refractivity contribution is 5.55. The zero-order valence-electron chi connectivity index (χ0n) is 7.57. The number of aliphatic hydroxyl groups is 2. The van der Waals surface area contributed by atoms with E-state index >= 15 is 0 Å². The Morgan fingerprint density at radius 3 is 2.43 bits per heavy atom. The van der Waals surface area contributed by atoms with E-state index < -0.39 is 11.9 Å². The van der Waals surface area contributed by atoms with Gasteiger partial charge in [0.2, 0.25) is 0 Å². The van der Waals surface area contributed by atoms with Gasteiger partial charge in [0, 0.05) is 11.4 Å². The van der Waals surface area contributed by atoms with Crippen LogP contribution in [0.1, 0.15) is 0 Å². The van der Waals surface area contributed by atoms with E-state index in [0.29, 0.717) is 11.4 Å². The molecule has 14 heavy (non-hydrogen) atoms. The number of nitrogens with one attached hydrogen (secondary N) is 1. The quantitative estimate of drug-likeness (QED) is 0.522. The van der Waals surface area contributed by atoms with Crippen LogP contribution in [0.4, 0.5) is 15.8 Å². The van der Waals surface area contributed by atoms with Crippen molar-refractivity contribution in [2.75, 3.05) is 24.3 Å². The highest BCUT2D eigenvalue weighted by Gasteiger charge is 2.06. The summed E-state index contributed by atoms with van der Waals surface area (Å²) in [5, 5.41) is 20.3. The first-order chi connectivity index (χ1) is 6.65. The Kier molecular flexibility index (Phi) is 3.67. The molecule has 0 unspecified atom stereocenters. The Balaban J connectivity index is 2.75. The molecule has 0 fully saturated rings. The van der Waals surface area contributed by atoms with Gasteiger partial charge in [0.15, 0.2) is 0 Å². The van der Waals surface area contributed by atoms with Gasteiger partial charge in [-0.3, -0.25) is 0 Å². The molecule has 1 aromatic rings. The van der Waals surface area contributed by atoms with Crippen molar-refractivity contribution in [3.8, 4) is 0 Å². The van der Waals surface area contributed by atoms with Crippen molar-refractivity contribution in [1.29, 1.82) is 0 Å². The molecular formula is C9H13FN2O2. The van der Waals surface area contributed by atoms with Crippen LogP contribution in [0.15, 0.2) is 18.2 Å². The fraction of sp³-hybridized carbons (Fsp3) is 0.333. The molecule has 0 saturated heterocycles. The summed E-state index contributed by atoms with van der Waals surface area (Å²) in [4.78, 5) is 0. The Bertz CT molecular complexity index is 283. The summed E-state index contributed by atoms with van der Waals surface area (Å²) in [6, 6.07) is 3.46. The van der Waals surface area contributed by atoms with Crippen molar-refractivity contribution in [1.82, 2.24) is 0 Å². The predicted molar refractivity (Wildman–Crippen MR) is 52.4 cm³/mol. The zero-order valence-corrected chi connectivity index (χ0v) is 7.57. The molecule has 0 spiro atoms. The van der Waals surface area contributed by atoms with E-state index in [2.05, 4.69) is 5.32 Å². The molecule has 0 aliphatic heterocycles. The molecule has 78 valence electrons. The Morgan fingerprint density at radius 2 is 1.93 bits per heavy atom. The third kappa shape index (κ3) is 2.86. The summed E-state index contributed by atoms with van der Waals surface area (Å²) < 4.78 is 12.8. The highest BCUT2D eigenvalue weighted by Crippen LogP contribution is 2.16. The first-order valence-corrected chi connectivity index (χ1v) is 4.20. The van der Waals surface area contributed by atoms with Crippen molar-refractivity contribution >= 4 is 11.4 Å². The fourth-order valence-corrected chi connectivity index (χ4v) is 1.08. The number of anilines is 2. The number of hydrogen-bond donors (Lipinski definition) is 4. The largest absolute Gasteiger partial charge is 0.399 e. The van der Waals surface area contributed by atoms with E-state index in [4.69, 9.17) is 15.9 Å². The van der Waals surface area contributed by atoms with Crippen LogP contribution in [0.5, 0.6) is 0 Å². The molecule has 0 aliphatic carbocycles. The molecule has 0 heterocycles. The van der Waals surface area contributed by atoms with E-state index in [0.717, 1.165) is 0 Å². The third-order valence-electron chi connectivity index (χ3n) is 1.73. The number of rotatable bonds is 4. The minimum Gasteiger partial charge on any atom is -0.399 e. The fourth-order valence-electron chi connectivity index (χ4n) is 1.08. The lowest BCUT2D eigenvalue weighted by Gasteiger charge is -2.15. The van der Waals surface area contributed by atoms with Gasteiger partial charge in [-0.05, 0) is 18.2 Å². The molecule has 4 nitrogen and oxygen atoms in total. The first-order valence-electron chi connectivity index (χ1n) is 4.20. The second kappa shape index (κ2) is 4.78. The molecular weight excluding hydrogens is 187 g/mol. The number of hydrogen-bond acceptors (Lipinski definition) is 4. The summed E-state index contributed by atoms with van der Waals surface area (Å²) in [5.41, 5.74) is 6.15. The second-order valence-corrected chi connectivity index (χ2v) is 2.98. The van der Waals surface area contributed by atoms with Gasteiger partial charge in [-0.15, -0.1) is 0 Å². The molecule has 5 heteroatoms. The maximum absolute atomic E-state index is 12.8. The van der Waals surface area contributed by atoms with E-state index in [1.54, 1.807) is 0 Å². The molecule has 0 bridgehead atoms. The van der Waals surface area contributed by atoms with E-state index in [1.807, 2.05) is 0 Å². The lowest BCUT2D eigenvalue weighted by Crippen LogP contribution is -2.27. The smallest absolute Gasteiger partial charge is 0.127 e. The maximum Gasteiger partial charge on any atom is 0.127 e. The van der Waals surface area contributed by atoms with Crippen molar-refractivity contribution in [2.24, 2.45) is 0 Å². The van der Waals surface area contributed by atoms with Crippen LogP contribution in [0, 0.1) is 5.82 Å². The van der Waals surface area contributed by atoms with Crippen LogP contribution >= 0.6 is 0 Å². The van der Waals surface area contributed by atoms with Gasteiger partial charge < -0.3 is 21.3 Å². The molecule has 0 saturated carbocycles. The van der Waals surface area contributed by atoms with Crippen molar-refractivity contribution < 1.29 is 14.6 Å². The average Bonchev–Trinajstić information content (AvgIpc) is 2.12. The average molecular weight is 200 g/mol. The number of halogens is 1. The minimum absolute atomic E-state index is 0.229. The molecule has 0 radical (unpaired) electrons. The summed E-state index contributed by atoms with van der Waals surface area (Å²) in [5.74, 6) is -0.456. The number of aliphatic hydroxyl groups excluding tert-OH is 2. The predicted octanol–water partition coefficient (Wildman–Crippen LogP) is 0.173. The molecule has 1 rings (SSSR count). The summed E-state index contributed by atoms with van der Waals surface area (Å²) >= 11 is 0. The lowest BCUT2D eigenvalue weighted by atomic mass is 10.2. The van der Waals surface area contributed by atoms with Crippen molar-refractivity contribution in [3.63, 3.8) is 0 Å². The van der Waals surface area contributed by atoms with Gasteiger partial charge in [-0.1, -0.05) is 0 Å². The number of nitrogen functional groups attached to an aromatic ring is 1. The van der Waals surface area contributed by atoms with Crippen LogP contribution in [0.3, 0.4) is 0 Å². The highest BCUT2D eigenvalue weighted by atomic mass is 19.1. The van der Waals surface area contributed by atoms with Crippen molar-refractivity contribution in [2.45, 2.75) is 6.04 Å². The molecule has 5 N–H and O–H groups in total. The first kappa shape index (κ1) is 10.7. The normalized spacial score (nSPS) is 10.6. The third-order valence-corrected chi connectivity index (χ3v) is 1.73. The molecule has 1 aromatic carbocycles. The Morgan fingerprint density at radius 1 is 1.29 bits per heavy atom. The van der Waals surface area contributed by atoms with Crippen LogP contribution in [-0.2, 0) is 0 Å². The minimum atomic E-state index is -0.504. The van der Waals surface area contributed by atoms with Crippen molar-refractivity contribution in [3.05, 3.63) is 24.0 Å². The molecule has 0 aliphatic rings.